The Morgan fingerprint density at radius 3 is 1.29 bits per heavy atom. The molecule has 0 saturated carbocycles. The number of fused-ring (bicyclic) bond motifs is 15. The van der Waals surface area contributed by atoms with E-state index in [2.05, 4.69) is 73.4 Å². The zero-order chi connectivity index (χ0) is 87.2. The second kappa shape index (κ2) is 38.8. The van der Waals surface area contributed by atoms with E-state index in [9.17, 15) is 54.0 Å². The number of phenolic OH excluding ortho intramolecular Hbond substituents is 4. The van der Waals surface area contributed by atoms with Crippen molar-refractivity contribution in [1.29, 1.82) is 0 Å². The van der Waals surface area contributed by atoms with E-state index in [4.69, 9.17) is 46.9 Å². The van der Waals surface area contributed by atoms with Crippen molar-refractivity contribution in [1.82, 2.24) is 5.32 Å². The summed E-state index contributed by atoms with van der Waals surface area (Å²) < 4.78 is 34.3. The van der Waals surface area contributed by atoms with Crippen LogP contribution in [0.15, 0.2) is 208 Å². The van der Waals surface area contributed by atoms with Crippen molar-refractivity contribution in [2.24, 2.45) is 0 Å². The van der Waals surface area contributed by atoms with Crippen LogP contribution in [0.1, 0.15) is 85.5 Å². The van der Waals surface area contributed by atoms with Crippen molar-refractivity contribution in [3.63, 3.8) is 0 Å². The number of aliphatic hydroxyl groups is 4. The van der Waals surface area contributed by atoms with Crippen LogP contribution in [-0.2, 0) is 16.0 Å². The number of nitrogens with zero attached hydrogens (tertiary/aromatic N) is 1. The highest BCUT2D eigenvalue weighted by molar-refractivity contribution is 9.10. The molecule has 0 aliphatic rings. The maximum Gasteiger partial charge on any atom is 0.344 e. The third-order valence-electron chi connectivity index (χ3n) is 19.5. The Kier molecular flexibility index (Phi) is 29.3. The van der Waals surface area contributed by atoms with E-state index in [-0.39, 0.29) is 71.9 Å². The van der Waals surface area contributed by atoms with E-state index in [0.29, 0.717) is 116 Å². The molecule has 0 unspecified atom stereocenters. The smallest absolute Gasteiger partial charge is 0.344 e. The number of nitrogens with one attached hydrogen (secondary N) is 1. The number of hydrogen-bond acceptors (Lipinski definition) is 21. The molecule has 15 aromatic rings. The van der Waals surface area contributed by atoms with Crippen molar-refractivity contribution < 1.29 is 77.0 Å². The predicted octanol–water partition coefficient (Wildman–Crippen LogP) is 16.9. The molecule has 614 valence electrons. The monoisotopic (exact) mass is 1690 g/mol. The van der Waals surface area contributed by atoms with Crippen LogP contribution >= 0.6 is 15.9 Å². The molecule has 5 aromatic heterocycles. The summed E-state index contributed by atoms with van der Waals surface area (Å²) in [6.45, 7) is 23.0. The number of aromatic hydroxyl groups is 4. The minimum absolute atomic E-state index is 0.00463. The second-order valence-corrected chi connectivity index (χ2v) is 35.2. The molecule has 0 fully saturated rings. The van der Waals surface area contributed by atoms with Crippen LogP contribution in [0.5, 0.6) is 28.7 Å². The summed E-state index contributed by atoms with van der Waals surface area (Å²) in [7, 11) is 1.22. The van der Waals surface area contributed by atoms with Gasteiger partial charge in [-0.05, 0) is 238 Å². The van der Waals surface area contributed by atoms with Crippen LogP contribution in [0.3, 0.4) is 0 Å². The van der Waals surface area contributed by atoms with Gasteiger partial charge in [-0.15, -0.1) is 6.42 Å². The standard InChI is InChI=1S/C20H23BrO3Si.C17H15NO4.C17H16O4.C17H14O4.C17H12O4.C3H7NO.C3H4O/c1-12-9-16-18(17(10-12)24-25(5,6)20(2,3)4)15-11-13(21)7-8-14(15)19(22)23-16;1-9-6-14(20)16-13-8-11(18(3)10(2)19)4-5-12(13)17(21)22-15(16)7-9;3*1-10-7-14(19)16-13-9-11(3-2-6-18)4-5-12(13)17(20)21-15(16)8-10;1-3(5)4-2;1-2-3-4/h7-11H,1-6H3;4-8,20H,1-3H3;4-5,7-9,18-19H,2-3,6H2,1H3;2-5,7-9,18-19H,6H2,1H3;4-5,7-9,18-19H,6H2,1H3;1-2H3,(H,4,5);1,4H,3H2/b;;;3-2-;;;. The first-order valence-corrected chi connectivity index (χ1v) is 41.2. The fourth-order valence-corrected chi connectivity index (χ4v) is 14.1. The van der Waals surface area contributed by atoms with Gasteiger partial charge in [0.05, 0.1) is 60.5 Å². The minimum atomic E-state index is -2.03. The largest absolute Gasteiger partial charge is 0.543 e. The van der Waals surface area contributed by atoms with Crippen molar-refractivity contribution in [2.45, 2.75) is 100 Å². The molecule has 0 atom stereocenters. The number of hydrogen-bond donors (Lipinski definition) is 9. The predicted molar refractivity (Wildman–Crippen MR) is 476 cm³/mol. The van der Waals surface area contributed by atoms with Gasteiger partial charge in [0.1, 0.15) is 69.9 Å². The third-order valence-corrected chi connectivity index (χ3v) is 24.4. The van der Waals surface area contributed by atoms with Crippen molar-refractivity contribution >= 4 is 157 Å². The van der Waals surface area contributed by atoms with Gasteiger partial charge < -0.3 is 77.6 Å². The molecule has 0 radical (unpaired) electrons. The first kappa shape index (κ1) is 89.8. The highest BCUT2D eigenvalue weighted by atomic mass is 79.9. The topological polar surface area (TPSA) is 372 Å². The fourth-order valence-electron chi connectivity index (χ4n) is 12.7. The molecule has 15 rings (SSSR count). The maximum absolute atomic E-state index is 12.4. The molecule has 23 nitrogen and oxygen atoms in total. The van der Waals surface area contributed by atoms with E-state index in [1.807, 2.05) is 76.9 Å². The number of amides is 2. The minimum Gasteiger partial charge on any atom is -0.543 e. The Balaban J connectivity index is 0.000000165. The molecule has 0 saturated heterocycles. The number of halogens is 1. The van der Waals surface area contributed by atoms with Gasteiger partial charge in [0.25, 0.3) is 8.32 Å². The third kappa shape index (κ3) is 21.2. The summed E-state index contributed by atoms with van der Waals surface area (Å²) in [5.74, 6) is 8.32. The van der Waals surface area contributed by atoms with E-state index >= 15 is 0 Å². The van der Waals surface area contributed by atoms with Crippen molar-refractivity contribution in [2.75, 3.05) is 45.4 Å². The molecule has 5 heterocycles. The summed E-state index contributed by atoms with van der Waals surface area (Å²) in [5.41, 5.74) is 7.35. The molecule has 0 aliphatic heterocycles. The molecular formula is C94H91BrN2O21Si. The van der Waals surface area contributed by atoms with Gasteiger partial charge in [0.2, 0.25) is 11.8 Å². The molecule has 119 heavy (non-hydrogen) atoms. The second-order valence-electron chi connectivity index (χ2n) is 29.6. The molecular weight excluding hydrogens is 1600 g/mol. The number of aryl methyl sites for hydroxylation is 6. The fraction of sp³-hybridized carbons (Fsp3) is 0.223. The lowest BCUT2D eigenvalue weighted by molar-refractivity contribution is -0.118. The average Bonchev–Trinajstić information content (AvgIpc) is 0.754. The van der Waals surface area contributed by atoms with E-state index in [0.717, 1.165) is 66.4 Å². The first-order valence-electron chi connectivity index (χ1n) is 37.5. The molecule has 10 aromatic carbocycles. The number of phenols is 4. The van der Waals surface area contributed by atoms with Gasteiger partial charge >= 0.3 is 28.1 Å². The molecule has 0 bridgehead atoms. The molecule has 2 amide bonds. The van der Waals surface area contributed by atoms with Gasteiger partial charge in [-0.25, -0.2) is 24.0 Å². The molecule has 9 N–H and O–H groups in total. The summed E-state index contributed by atoms with van der Waals surface area (Å²) in [5, 5.41) is 85.9. The van der Waals surface area contributed by atoms with Gasteiger partial charge in [-0.1, -0.05) is 84.8 Å². The SMILES string of the molecule is C#CCO.CC(=O)N(C)c1ccc2c(=O)oc3cc(C)cc(O)c3c2c1.CNC(C)=O.Cc1cc(O)c2c(c1)oc(=O)c1ccc(/C=C\CO)cc12.Cc1cc(O)c2c(c1)oc(=O)c1ccc(C#CCO)cc12.Cc1cc(O)c2c(c1)oc(=O)c1ccc(CCCO)cc12.Cc1cc(O[Si](C)(C)C(C)(C)C)c2c(c1)oc(=O)c1ccc(Br)cc12. The summed E-state index contributed by atoms with van der Waals surface area (Å²) in [6.07, 6.45) is 9.28. The van der Waals surface area contributed by atoms with Crippen LogP contribution in [0.2, 0.25) is 18.1 Å². The van der Waals surface area contributed by atoms with E-state index in [1.54, 1.807) is 142 Å². The lowest BCUT2D eigenvalue weighted by Crippen LogP contribution is -2.43. The zero-order valence-electron chi connectivity index (χ0n) is 68.1. The van der Waals surface area contributed by atoms with Gasteiger partial charge in [0.15, 0.2) is 0 Å². The number of aliphatic hydroxyl groups excluding tert-OH is 4. The Hall–Kier alpha value is -13.1. The van der Waals surface area contributed by atoms with Gasteiger partial charge in [-0.2, -0.15) is 0 Å². The normalized spacial score (nSPS) is 11.1. The number of carbonyl (C=O) groups excluding carboxylic acids is 2. The van der Waals surface area contributed by atoms with Gasteiger partial charge in [-0.3, -0.25) is 9.59 Å². The Bertz CT molecular complexity index is 6910. The summed E-state index contributed by atoms with van der Waals surface area (Å²) in [4.78, 5) is 83.3. The zero-order valence-corrected chi connectivity index (χ0v) is 70.7. The molecule has 0 spiro atoms. The van der Waals surface area contributed by atoms with E-state index in [1.165, 1.54) is 18.7 Å². The molecule has 0 aliphatic carbocycles. The van der Waals surface area contributed by atoms with Gasteiger partial charge in [0, 0.05) is 77.2 Å². The average molecular weight is 1690 g/mol. The van der Waals surface area contributed by atoms with Crippen molar-refractivity contribution in [3.05, 3.63) is 259 Å². The summed E-state index contributed by atoms with van der Waals surface area (Å²) >= 11 is 3.51. The van der Waals surface area contributed by atoms with Crippen LogP contribution < -0.4 is 42.8 Å². The van der Waals surface area contributed by atoms with Crippen LogP contribution in [0.4, 0.5) is 5.69 Å². The number of rotatable bonds is 8. The van der Waals surface area contributed by atoms with Crippen LogP contribution in [0, 0.1) is 58.8 Å². The Morgan fingerprint density at radius 1 is 0.513 bits per heavy atom. The number of carbonyl (C=O) groups is 2. The maximum atomic E-state index is 12.4. The first-order chi connectivity index (χ1) is 56.3. The number of benzene rings is 10. The van der Waals surface area contributed by atoms with Crippen molar-refractivity contribution in [3.8, 4) is 52.9 Å². The number of terminal acetylenes is 1. The highest BCUT2D eigenvalue weighted by Gasteiger charge is 2.39. The number of anilines is 1. The lowest BCUT2D eigenvalue weighted by Gasteiger charge is -2.36. The lowest BCUT2D eigenvalue weighted by atomic mass is 10.0. The Morgan fingerprint density at radius 2 is 0.891 bits per heavy atom. The van der Waals surface area contributed by atoms with E-state index < -0.39 is 30.8 Å². The Labute approximate surface area is 692 Å². The highest BCUT2D eigenvalue weighted by Crippen LogP contribution is 2.43. The van der Waals surface area contributed by atoms with Crippen LogP contribution in [-0.4, -0.2) is 102 Å². The summed E-state index contributed by atoms with van der Waals surface area (Å²) in [6, 6.07) is 43.7. The quantitative estimate of drug-likeness (QED) is 0.0295. The molecule has 25 heteroatoms. The van der Waals surface area contributed by atoms with Crippen LogP contribution in [0.25, 0.3) is 115 Å².